The summed E-state index contributed by atoms with van der Waals surface area (Å²) in [6.45, 7) is 4.41. The topological polar surface area (TPSA) is 86.4 Å². The summed E-state index contributed by atoms with van der Waals surface area (Å²) in [7, 11) is -3.32. The summed E-state index contributed by atoms with van der Waals surface area (Å²) in [6, 6.07) is 8.47. The van der Waals surface area contributed by atoms with Crippen LogP contribution in [0.2, 0.25) is 0 Å². The zero-order valence-corrected chi connectivity index (χ0v) is 17.8. The molecule has 1 aromatic heterocycles. The van der Waals surface area contributed by atoms with Crippen molar-refractivity contribution in [3.8, 4) is 0 Å². The van der Waals surface area contributed by atoms with Crippen LogP contribution in [0.3, 0.4) is 0 Å². The van der Waals surface area contributed by atoms with Gasteiger partial charge in [0.25, 0.3) is 5.56 Å². The van der Waals surface area contributed by atoms with E-state index in [9.17, 15) is 13.2 Å². The molecule has 1 N–H and O–H groups in total. The van der Waals surface area contributed by atoms with Crippen LogP contribution in [0.15, 0.2) is 29.1 Å². The van der Waals surface area contributed by atoms with E-state index in [1.54, 1.807) is 0 Å². The van der Waals surface area contributed by atoms with Crippen molar-refractivity contribution in [2.45, 2.75) is 51.7 Å². The molecule has 2 aromatic rings. The molecule has 2 aliphatic heterocycles. The van der Waals surface area contributed by atoms with Gasteiger partial charge in [-0.3, -0.25) is 9.69 Å². The third-order valence-corrected chi connectivity index (χ3v) is 7.33. The Morgan fingerprint density at radius 1 is 1.21 bits per heavy atom. The highest BCUT2D eigenvalue weighted by Crippen LogP contribution is 2.31. The number of H-pyrrole nitrogens is 1. The van der Waals surface area contributed by atoms with E-state index in [0.29, 0.717) is 18.5 Å². The van der Waals surface area contributed by atoms with Gasteiger partial charge in [-0.2, -0.15) is 4.31 Å². The lowest BCUT2D eigenvalue weighted by atomic mass is 9.98. The Hall–Kier alpha value is -2.03. The molecular formula is C21H28N4O3S. The van der Waals surface area contributed by atoms with Crippen LogP contribution in [-0.4, -0.2) is 46.9 Å². The number of hydrogen-bond acceptors (Lipinski definition) is 5. The van der Waals surface area contributed by atoms with Gasteiger partial charge < -0.3 is 4.98 Å². The largest absolute Gasteiger partial charge is 0.309 e. The molecule has 1 unspecified atom stereocenters. The second-order valence-electron chi connectivity index (χ2n) is 8.13. The number of benzene rings is 1. The fourth-order valence-electron chi connectivity index (χ4n) is 4.36. The summed E-state index contributed by atoms with van der Waals surface area (Å²) >= 11 is 0. The number of likely N-dealkylation sites (tertiary alicyclic amines) is 1. The van der Waals surface area contributed by atoms with Gasteiger partial charge in [0, 0.05) is 26.1 Å². The number of aromatic nitrogens is 2. The van der Waals surface area contributed by atoms with E-state index in [4.69, 9.17) is 4.98 Å². The molecule has 1 atom stereocenters. The van der Waals surface area contributed by atoms with Crippen molar-refractivity contribution in [2.75, 3.05) is 19.3 Å². The zero-order chi connectivity index (χ0) is 20.6. The van der Waals surface area contributed by atoms with Gasteiger partial charge in [-0.25, -0.2) is 13.4 Å². The van der Waals surface area contributed by atoms with E-state index in [1.807, 2.05) is 0 Å². The number of aromatic amines is 1. The van der Waals surface area contributed by atoms with Crippen molar-refractivity contribution >= 4 is 10.0 Å². The van der Waals surface area contributed by atoms with E-state index in [0.717, 1.165) is 43.9 Å². The van der Waals surface area contributed by atoms with Crippen LogP contribution in [0, 0.1) is 6.92 Å². The Morgan fingerprint density at radius 3 is 2.76 bits per heavy atom. The molecule has 7 nitrogen and oxygen atoms in total. The van der Waals surface area contributed by atoms with Gasteiger partial charge in [0.1, 0.15) is 5.82 Å². The van der Waals surface area contributed by atoms with Crippen molar-refractivity contribution in [2.24, 2.45) is 0 Å². The van der Waals surface area contributed by atoms with Crippen LogP contribution >= 0.6 is 0 Å². The van der Waals surface area contributed by atoms with E-state index >= 15 is 0 Å². The summed E-state index contributed by atoms with van der Waals surface area (Å²) in [5.74, 6) is 0.717. The number of piperidine rings is 1. The van der Waals surface area contributed by atoms with Crippen molar-refractivity contribution < 1.29 is 8.42 Å². The first-order valence-corrected chi connectivity index (χ1v) is 12.0. The summed E-state index contributed by atoms with van der Waals surface area (Å²) < 4.78 is 25.0. The molecular weight excluding hydrogens is 388 g/mol. The van der Waals surface area contributed by atoms with Crippen LogP contribution in [0.25, 0.3) is 0 Å². The normalized spacial score (nSPS) is 21.1. The molecule has 2 aliphatic rings. The number of aryl methyl sites for hydroxylation is 1. The van der Waals surface area contributed by atoms with E-state index in [1.165, 1.54) is 21.7 Å². The molecule has 8 heteroatoms. The Bertz CT molecular complexity index is 1060. The average molecular weight is 417 g/mol. The molecule has 1 aromatic carbocycles. The van der Waals surface area contributed by atoms with Crippen LogP contribution in [0.1, 0.15) is 53.5 Å². The monoisotopic (exact) mass is 416 g/mol. The van der Waals surface area contributed by atoms with Crippen LogP contribution < -0.4 is 5.56 Å². The highest BCUT2D eigenvalue weighted by molar-refractivity contribution is 7.88. The molecule has 156 valence electrons. The third-order valence-electron chi connectivity index (χ3n) is 6.08. The maximum absolute atomic E-state index is 12.8. The smallest absolute Gasteiger partial charge is 0.255 e. The fraction of sp³-hybridized carbons (Fsp3) is 0.524. The summed E-state index contributed by atoms with van der Waals surface area (Å²) in [4.78, 5) is 23.0. The minimum Gasteiger partial charge on any atom is -0.309 e. The van der Waals surface area contributed by atoms with E-state index < -0.39 is 10.0 Å². The molecule has 0 bridgehead atoms. The second kappa shape index (κ2) is 8.01. The van der Waals surface area contributed by atoms with Crippen LogP contribution in [0.5, 0.6) is 0 Å². The molecule has 1 saturated heterocycles. The fourth-order valence-corrected chi connectivity index (χ4v) is 5.14. The number of sulfonamides is 1. The van der Waals surface area contributed by atoms with Gasteiger partial charge >= 0.3 is 0 Å². The molecule has 0 aliphatic carbocycles. The molecule has 1 fully saturated rings. The van der Waals surface area contributed by atoms with Crippen LogP contribution in [-0.2, 0) is 29.5 Å². The van der Waals surface area contributed by atoms with Crippen LogP contribution in [0.4, 0.5) is 0 Å². The molecule has 4 rings (SSSR count). The Balaban J connectivity index is 1.62. The van der Waals surface area contributed by atoms with Gasteiger partial charge in [-0.15, -0.1) is 0 Å². The van der Waals surface area contributed by atoms with Crippen molar-refractivity contribution in [3.05, 3.63) is 62.8 Å². The lowest BCUT2D eigenvalue weighted by Gasteiger charge is -2.36. The minimum atomic E-state index is -3.32. The number of fused-ring (bicyclic) bond motifs is 1. The Morgan fingerprint density at radius 2 is 2.00 bits per heavy atom. The first kappa shape index (κ1) is 20.3. The molecule has 0 spiro atoms. The zero-order valence-electron chi connectivity index (χ0n) is 17.0. The third kappa shape index (κ3) is 4.29. The van der Waals surface area contributed by atoms with Crippen molar-refractivity contribution in [1.82, 2.24) is 19.2 Å². The summed E-state index contributed by atoms with van der Waals surface area (Å²) in [6.07, 6.45) is 4.87. The molecule has 0 amide bonds. The molecule has 0 saturated carbocycles. The summed E-state index contributed by atoms with van der Waals surface area (Å²) in [5.41, 5.74) is 3.57. The molecule has 29 heavy (non-hydrogen) atoms. The number of hydrogen-bond donors (Lipinski definition) is 1. The maximum atomic E-state index is 12.8. The van der Waals surface area contributed by atoms with Gasteiger partial charge in [0.05, 0.1) is 23.6 Å². The predicted octanol–water partition coefficient (Wildman–Crippen LogP) is 2.12. The number of nitrogens with zero attached hydrogens (tertiary/aromatic N) is 3. The number of nitrogens with one attached hydrogen (secondary N) is 1. The lowest BCUT2D eigenvalue weighted by Crippen LogP contribution is -2.40. The maximum Gasteiger partial charge on any atom is 0.255 e. The highest BCUT2D eigenvalue weighted by atomic mass is 32.2. The summed E-state index contributed by atoms with van der Waals surface area (Å²) in [5, 5.41) is 0. The molecule has 0 radical (unpaired) electrons. The average Bonchev–Trinajstić information content (AvgIpc) is 2.69. The van der Waals surface area contributed by atoms with Gasteiger partial charge in [-0.05, 0) is 37.4 Å². The van der Waals surface area contributed by atoms with Gasteiger partial charge in [-0.1, -0.05) is 30.7 Å². The second-order valence-corrected chi connectivity index (χ2v) is 10.1. The molecule has 3 heterocycles. The predicted molar refractivity (Wildman–Crippen MR) is 112 cm³/mol. The van der Waals surface area contributed by atoms with E-state index in [2.05, 4.69) is 41.1 Å². The van der Waals surface area contributed by atoms with Crippen molar-refractivity contribution in [3.63, 3.8) is 0 Å². The Labute approximate surface area is 171 Å². The van der Waals surface area contributed by atoms with E-state index in [-0.39, 0.29) is 18.1 Å². The highest BCUT2D eigenvalue weighted by Gasteiger charge is 2.30. The quantitative estimate of drug-likeness (QED) is 0.825. The number of rotatable bonds is 4. The van der Waals surface area contributed by atoms with Gasteiger partial charge in [0.15, 0.2) is 0 Å². The lowest BCUT2D eigenvalue weighted by molar-refractivity contribution is 0.133. The first-order valence-electron chi connectivity index (χ1n) is 10.2. The van der Waals surface area contributed by atoms with Gasteiger partial charge in [0.2, 0.25) is 10.0 Å². The standard InChI is InChI=1S/C21H28N4O3S/c1-15-7-3-4-8-16(15)13-24-11-6-5-9-19(24)20-22-18-10-12-25(29(2,27)28)14-17(18)21(26)23-20/h3-4,7-8,19H,5-6,9-14H2,1-2H3,(H,22,23,26). The SMILES string of the molecule is Cc1ccccc1CN1CCCCC1c1nc2c(c(=O)[nH]1)CN(S(C)(=O)=O)CC2. The van der Waals surface area contributed by atoms with Crippen molar-refractivity contribution in [1.29, 1.82) is 0 Å². The minimum absolute atomic E-state index is 0.0780. The Kier molecular flexibility index (Phi) is 5.59. The first-order chi connectivity index (χ1) is 13.8.